The van der Waals surface area contributed by atoms with E-state index in [1.807, 2.05) is 0 Å². The molecule has 1 rings (SSSR count). The van der Waals surface area contributed by atoms with Crippen LogP contribution in [0.25, 0.3) is 0 Å². The van der Waals surface area contributed by atoms with Crippen LogP contribution in [-0.2, 0) is 0 Å². The van der Waals surface area contributed by atoms with Crippen LogP contribution in [0.5, 0.6) is 0 Å². The Morgan fingerprint density at radius 3 is 2.50 bits per heavy atom. The first kappa shape index (κ1) is 12.0. The first-order valence-corrected chi connectivity index (χ1v) is 5.94. The van der Waals surface area contributed by atoms with Crippen LogP contribution >= 0.6 is 0 Å². The van der Waals surface area contributed by atoms with Crippen molar-refractivity contribution in [2.75, 3.05) is 46.3 Å². The molecular formula is C11H25N3. The fourth-order valence-electron chi connectivity index (χ4n) is 1.97. The van der Waals surface area contributed by atoms with Gasteiger partial charge in [0.25, 0.3) is 0 Å². The van der Waals surface area contributed by atoms with Gasteiger partial charge in [-0.1, -0.05) is 6.42 Å². The number of hydrogen-bond donors (Lipinski definition) is 1. The number of nitrogens with zero attached hydrogens (tertiary/aromatic N) is 2. The smallest absolute Gasteiger partial charge is 0.0109 e. The molecule has 0 atom stereocenters. The highest BCUT2D eigenvalue weighted by atomic mass is 15.2. The minimum absolute atomic E-state index is 0.814. The largest absolute Gasteiger partial charge is 0.330 e. The summed E-state index contributed by atoms with van der Waals surface area (Å²) in [5.41, 5.74) is 5.48. The lowest BCUT2D eigenvalue weighted by molar-refractivity contribution is 0.196. The molecule has 1 saturated heterocycles. The highest BCUT2D eigenvalue weighted by Crippen LogP contribution is 2.07. The van der Waals surface area contributed by atoms with Gasteiger partial charge in [0.15, 0.2) is 0 Å². The van der Waals surface area contributed by atoms with Gasteiger partial charge >= 0.3 is 0 Å². The van der Waals surface area contributed by atoms with Crippen LogP contribution in [0.15, 0.2) is 0 Å². The van der Waals surface area contributed by atoms with Crippen LogP contribution in [0.2, 0.25) is 0 Å². The predicted octanol–water partition coefficient (Wildman–Crippen LogP) is 0.753. The molecule has 0 aliphatic carbocycles. The summed E-state index contributed by atoms with van der Waals surface area (Å²) in [7, 11) is 2.19. The van der Waals surface area contributed by atoms with Gasteiger partial charge in [0.2, 0.25) is 0 Å². The zero-order chi connectivity index (χ0) is 10.2. The molecule has 1 heterocycles. The molecule has 0 radical (unpaired) electrons. The van der Waals surface area contributed by atoms with Gasteiger partial charge in [-0.05, 0) is 52.5 Å². The molecule has 2 N–H and O–H groups in total. The van der Waals surface area contributed by atoms with Crippen molar-refractivity contribution >= 4 is 0 Å². The second-order valence-electron chi connectivity index (χ2n) is 4.35. The second-order valence-corrected chi connectivity index (χ2v) is 4.35. The Hall–Kier alpha value is -0.120. The first-order chi connectivity index (χ1) is 6.83. The van der Waals surface area contributed by atoms with Crippen molar-refractivity contribution in [2.24, 2.45) is 5.73 Å². The maximum atomic E-state index is 5.48. The van der Waals surface area contributed by atoms with Crippen LogP contribution in [0.3, 0.4) is 0 Å². The molecule has 0 aromatic carbocycles. The van der Waals surface area contributed by atoms with Gasteiger partial charge in [-0.2, -0.15) is 0 Å². The lowest BCUT2D eigenvalue weighted by Gasteiger charge is -2.28. The third-order valence-electron chi connectivity index (χ3n) is 2.99. The summed E-state index contributed by atoms with van der Waals surface area (Å²) in [6.07, 6.45) is 5.34. The zero-order valence-corrected chi connectivity index (χ0v) is 9.54. The van der Waals surface area contributed by atoms with Crippen LogP contribution in [0.1, 0.15) is 25.7 Å². The van der Waals surface area contributed by atoms with Crippen LogP contribution < -0.4 is 5.73 Å². The molecule has 0 aromatic heterocycles. The Bertz CT molecular complexity index is 132. The summed E-state index contributed by atoms with van der Waals surface area (Å²) in [6.45, 7) is 7.01. The van der Waals surface area contributed by atoms with E-state index in [0.29, 0.717) is 0 Å². The topological polar surface area (TPSA) is 32.5 Å². The average Bonchev–Trinajstić information content (AvgIpc) is 2.25. The summed E-state index contributed by atoms with van der Waals surface area (Å²) in [5, 5.41) is 0. The number of likely N-dealkylation sites (N-methyl/N-ethyl adjacent to an activating group) is 1. The van der Waals surface area contributed by atoms with E-state index in [2.05, 4.69) is 16.8 Å². The summed E-state index contributed by atoms with van der Waals surface area (Å²) in [5.74, 6) is 0. The average molecular weight is 199 g/mol. The fraction of sp³-hybridized carbons (Fsp3) is 1.00. The van der Waals surface area contributed by atoms with Gasteiger partial charge in [-0.3, -0.25) is 0 Å². The van der Waals surface area contributed by atoms with Gasteiger partial charge in [0, 0.05) is 13.1 Å². The summed E-state index contributed by atoms with van der Waals surface area (Å²) in [6, 6.07) is 0. The molecule has 0 bridgehead atoms. The summed E-state index contributed by atoms with van der Waals surface area (Å²) < 4.78 is 0. The van der Waals surface area contributed by atoms with E-state index in [4.69, 9.17) is 5.73 Å². The fourth-order valence-corrected chi connectivity index (χ4v) is 1.97. The van der Waals surface area contributed by atoms with E-state index in [1.54, 1.807) is 0 Å². The zero-order valence-electron chi connectivity index (χ0n) is 9.54. The molecule has 0 spiro atoms. The van der Waals surface area contributed by atoms with E-state index >= 15 is 0 Å². The monoisotopic (exact) mass is 199 g/mol. The van der Waals surface area contributed by atoms with Crippen molar-refractivity contribution in [3.8, 4) is 0 Å². The SMILES string of the molecule is CN(CCCN)CCN1CCCCC1. The number of rotatable bonds is 6. The highest BCUT2D eigenvalue weighted by molar-refractivity contribution is 4.66. The van der Waals surface area contributed by atoms with Crippen molar-refractivity contribution in [1.29, 1.82) is 0 Å². The van der Waals surface area contributed by atoms with E-state index < -0.39 is 0 Å². The van der Waals surface area contributed by atoms with Crippen LogP contribution in [-0.4, -0.2) is 56.1 Å². The Labute approximate surface area is 88.2 Å². The Morgan fingerprint density at radius 2 is 1.86 bits per heavy atom. The Balaban J connectivity index is 2.00. The molecule has 0 saturated carbocycles. The highest BCUT2D eigenvalue weighted by Gasteiger charge is 2.09. The number of nitrogens with two attached hydrogens (primary N) is 1. The van der Waals surface area contributed by atoms with E-state index in [9.17, 15) is 0 Å². The number of likely N-dealkylation sites (tertiary alicyclic amines) is 1. The summed E-state index contributed by atoms with van der Waals surface area (Å²) >= 11 is 0. The molecule has 1 aliphatic heterocycles. The maximum absolute atomic E-state index is 5.48. The third-order valence-corrected chi connectivity index (χ3v) is 2.99. The number of piperidine rings is 1. The lowest BCUT2D eigenvalue weighted by atomic mass is 10.1. The molecule has 0 amide bonds. The van der Waals surface area contributed by atoms with E-state index in [0.717, 1.165) is 19.5 Å². The van der Waals surface area contributed by atoms with E-state index in [-0.39, 0.29) is 0 Å². The quantitative estimate of drug-likeness (QED) is 0.685. The molecule has 3 nitrogen and oxygen atoms in total. The molecule has 14 heavy (non-hydrogen) atoms. The molecule has 0 unspecified atom stereocenters. The minimum Gasteiger partial charge on any atom is -0.330 e. The van der Waals surface area contributed by atoms with Crippen molar-refractivity contribution in [2.45, 2.75) is 25.7 Å². The lowest BCUT2D eigenvalue weighted by Crippen LogP contribution is -2.37. The summed E-state index contributed by atoms with van der Waals surface area (Å²) in [4.78, 5) is 4.98. The molecule has 84 valence electrons. The Kier molecular flexibility index (Phi) is 6.15. The van der Waals surface area contributed by atoms with Gasteiger partial charge < -0.3 is 15.5 Å². The molecule has 0 aromatic rings. The maximum Gasteiger partial charge on any atom is 0.0109 e. The van der Waals surface area contributed by atoms with Crippen LogP contribution in [0, 0.1) is 0 Å². The Morgan fingerprint density at radius 1 is 1.14 bits per heavy atom. The van der Waals surface area contributed by atoms with Gasteiger partial charge in [0.1, 0.15) is 0 Å². The van der Waals surface area contributed by atoms with Gasteiger partial charge in [-0.25, -0.2) is 0 Å². The van der Waals surface area contributed by atoms with Crippen molar-refractivity contribution < 1.29 is 0 Å². The van der Waals surface area contributed by atoms with Crippen molar-refractivity contribution in [3.63, 3.8) is 0 Å². The number of hydrogen-bond acceptors (Lipinski definition) is 3. The van der Waals surface area contributed by atoms with Gasteiger partial charge in [0.05, 0.1) is 0 Å². The van der Waals surface area contributed by atoms with E-state index in [1.165, 1.54) is 45.4 Å². The van der Waals surface area contributed by atoms with Gasteiger partial charge in [-0.15, -0.1) is 0 Å². The van der Waals surface area contributed by atoms with Crippen molar-refractivity contribution in [3.05, 3.63) is 0 Å². The van der Waals surface area contributed by atoms with Crippen molar-refractivity contribution in [1.82, 2.24) is 9.80 Å². The normalized spacial score (nSPS) is 19.1. The minimum atomic E-state index is 0.814. The molecule has 3 heteroatoms. The third kappa shape index (κ3) is 4.94. The van der Waals surface area contributed by atoms with Crippen LogP contribution in [0.4, 0.5) is 0 Å². The molecular weight excluding hydrogens is 174 g/mol. The second kappa shape index (κ2) is 7.21. The molecule has 1 aliphatic rings. The predicted molar refractivity (Wildman–Crippen MR) is 61.5 cm³/mol. The first-order valence-electron chi connectivity index (χ1n) is 5.94. The standard InChI is InChI=1S/C11H25N3/c1-13(7-5-6-12)10-11-14-8-3-2-4-9-14/h2-12H2,1H3. The molecule has 1 fully saturated rings.